The number of halogens is 7. The number of β-amino-alcohol motifs (C(OH)–C–C–N with tert-alkyl or cyclic N) is 1. The third-order valence-corrected chi connectivity index (χ3v) is 10.0. The van der Waals surface area contributed by atoms with E-state index >= 15 is 0 Å². The molecule has 0 unspecified atom stereocenters. The van der Waals surface area contributed by atoms with Crippen molar-refractivity contribution in [3.05, 3.63) is 58.6 Å². The standard InChI is InChI=1S/C19H16ClF6NO6S2/c20-14-7-12(19(24,25)26)3-6-15(14)35(32,33)27-8-16(17(29,9-27)10-28)34(30,31)13-4-1-11(2-5-13)18(21,22)23/h1-7,16,28-29H,8-10H2/t16-,17+/m0/s1. The minimum Gasteiger partial charge on any atom is -0.393 e. The van der Waals surface area contributed by atoms with Gasteiger partial charge >= 0.3 is 12.4 Å². The van der Waals surface area contributed by atoms with Gasteiger partial charge in [0, 0.05) is 13.1 Å². The molecule has 16 heteroatoms. The fraction of sp³-hybridized carbons (Fsp3) is 0.368. The molecular weight excluding hydrogens is 552 g/mol. The molecule has 0 saturated carbocycles. The van der Waals surface area contributed by atoms with Crippen molar-refractivity contribution in [3.8, 4) is 0 Å². The molecule has 1 heterocycles. The second kappa shape index (κ2) is 8.88. The van der Waals surface area contributed by atoms with E-state index in [4.69, 9.17) is 11.6 Å². The third-order valence-electron chi connectivity index (χ3n) is 5.45. The zero-order valence-corrected chi connectivity index (χ0v) is 19.6. The van der Waals surface area contributed by atoms with Crippen molar-refractivity contribution in [1.29, 1.82) is 0 Å². The molecule has 194 valence electrons. The number of rotatable bonds is 5. The summed E-state index contributed by atoms with van der Waals surface area (Å²) in [4.78, 5) is -1.48. The van der Waals surface area contributed by atoms with E-state index in [0.717, 1.165) is 0 Å². The van der Waals surface area contributed by atoms with Gasteiger partial charge in [0.25, 0.3) is 0 Å². The SMILES string of the molecule is O=S(=O)(c1ccc(C(F)(F)F)cc1)[C@H]1CN(S(=O)(=O)c2ccc(C(F)(F)F)cc2Cl)C[C@@]1(O)CO. The van der Waals surface area contributed by atoms with Gasteiger partial charge in [-0.15, -0.1) is 0 Å². The normalized spacial score (nSPS) is 22.5. The summed E-state index contributed by atoms with van der Waals surface area (Å²) in [6.45, 7) is -3.18. The maximum atomic E-state index is 13.1. The van der Waals surface area contributed by atoms with Crippen LogP contribution in [0.1, 0.15) is 11.1 Å². The molecule has 1 fully saturated rings. The van der Waals surface area contributed by atoms with E-state index in [1.807, 2.05) is 0 Å². The highest BCUT2D eigenvalue weighted by Crippen LogP contribution is 2.38. The Kier molecular flexibility index (Phi) is 7.02. The summed E-state index contributed by atoms with van der Waals surface area (Å²) < 4.78 is 130. The molecular formula is C19H16ClF6NO6S2. The smallest absolute Gasteiger partial charge is 0.393 e. The Morgan fingerprint density at radius 1 is 0.943 bits per heavy atom. The molecule has 35 heavy (non-hydrogen) atoms. The number of aliphatic hydroxyl groups excluding tert-OH is 1. The molecule has 1 aliphatic rings. The van der Waals surface area contributed by atoms with Gasteiger partial charge in [-0.2, -0.15) is 30.6 Å². The summed E-state index contributed by atoms with van der Waals surface area (Å²) in [5.41, 5.74) is -4.97. The number of alkyl halides is 6. The average molecular weight is 568 g/mol. The minimum atomic E-state index is -4.82. The second-order valence-electron chi connectivity index (χ2n) is 7.76. The van der Waals surface area contributed by atoms with E-state index in [1.165, 1.54) is 0 Å². The molecule has 2 aromatic rings. The van der Waals surface area contributed by atoms with Crippen LogP contribution in [0.4, 0.5) is 26.3 Å². The first kappa shape index (κ1) is 27.7. The van der Waals surface area contributed by atoms with Crippen LogP contribution in [0.15, 0.2) is 52.3 Å². The highest BCUT2D eigenvalue weighted by molar-refractivity contribution is 7.92. The molecule has 2 aromatic carbocycles. The Morgan fingerprint density at radius 3 is 1.91 bits per heavy atom. The van der Waals surface area contributed by atoms with Gasteiger partial charge in [-0.1, -0.05) is 11.6 Å². The molecule has 0 bridgehead atoms. The Labute approximate surface area is 200 Å². The summed E-state index contributed by atoms with van der Waals surface area (Å²) in [5.74, 6) is 0. The molecule has 0 radical (unpaired) electrons. The minimum absolute atomic E-state index is 0.360. The molecule has 0 amide bonds. The summed E-state index contributed by atoms with van der Waals surface area (Å²) in [7, 11) is -9.46. The van der Waals surface area contributed by atoms with Gasteiger partial charge in [0.1, 0.15) is 15.7 Å². The highest BCUT2D eigenvalue weighted by Gasteiger charge is 2.55. The lowest BCUT2D eigenvalue weighted by molar-refractivity contribution is -0.138. The highest BCUT2D eigenvalue weighted by atomic mass is 35.5. The molecule has 2 N–H and O–H groups in total. The van der Waals surface area contributed by atoms with E-state index < -0.39 is 88.7 Å². The molecule has 0 spiro atoms. The molecule has 1 aliphatic heterocycles. The van der Waals surface area contributed by atoms with Gasteiger partial charge in [-0.3, -0.25) is 0 Å². The summed E-state index contributed by atoms with van der Waals surface area (Å²) in [6.07, 6.45) is -9.58. The number of aliphatic hydroxyl groups is 2. The predicted octanol–water partition coefficient (Wildman–Crippen LogP) is 2.95. The zero-order valence-electron chi connectivity index (χ0n) is 17.2. The number of sulfone groups is 1. The van der Waals surface area contributed by atoms with Gasteiger partial charge in [0.2, 0.25) is 10.0 Å². The molecule has 0 aliphatic carbocycles. The molecule has 0 aromatic heterocycles. The first-order chi connectivity index (χ1) is 15.8. The fourth-order valence-electron chi connectivity index (χ4n) is 3.57. The van der Waals surface area contributed by atoms with E-state index in [9.17, 15) is 53.4 Å². The van der Waals surface area contributed by atoms with Gasteiger partial charge in [0.15, 0.2) is 9.84 Å². The van der Waals surface area contributed by atoms with E-state index in [1.54, 1.807) is 0 Å². The van der Waals surface area contributed by atoms with Crippen molar-refractivity contribution >= 4 is 31.5 Å². The fourth-order valence-corrected chi connectivity index (χ4v) is 7.65. The largest absolute Gasteiger partial charge is 0.416 e. The van der Waals surface area contributed by atoms with Gasteiger partial charge < -0.3 is 10.2 Å². The number of nitrogens with zero attached hydrogens (tertiary/aromatic N) is 1. The van der Waals surface area contributed by atoms with Crippen molar-refractivity contribution in [2.45, 2.75) is 33.0 Å². The van der Waals surface area contributed by atoms with Crippen molar-refractivity contribution in [2.24, 2.45) is 0 Å². The average Bonchev–Trinajstić information content (AvgIpc) is 3.12. The zero-order chi connectivity index (χ0) is 26.6. The van der Waals surface area contributed by atoms with E-state index in [0.29, 0.717) is 46.8 Å². The van der Waals surface area contributed by atoms with Crippen LogP contribution in [0.5, 0.6) is 0 Å². The third kappa shape index (κ3) is 5.15. The van der Waals surface area contributed by atoms with Crippen LogP contribution in [0.25, 0.3) is 0 Å². The van der Waals surface area contributed by atoms with Gasteiger partial charge in [-0.05, 0) is 42.5 Å². The number of hydrogen-bond donors (Lipinski definition) is 2. The maximum absolute atomic E-state index is 13.1. The Hall–Kier alpha value is -1.91. The van der Waals surface area contributed by atoms with Crippen molar-refractivity contribution < 1.29 is 53.4 Å². The Bertz CT molecular complexity index is 1330. The van der Waals surface area contributed by atoms with E-state index in [-0.39, 0.29) is 0 Å². The first-order valence-corrected chi connectivity index (χ1v) is 12.8. The topological polar surface area (TPSA) is 112 Å². The predicted molar refractivity (Wildman–Crippen MR) is 110 cm³/mol. The second-order valence-corrected chi connectivity index (χ2v) is 12.2. The van der Waals surface area contributed by atoms with Gasteiger partial charge in [-0.25, -0.2) is 16.8 Å². The number of hydrogen-bond acceptors (Lipinski definition) is 6. The van der Waals surface area contributed by atoms with Crippen LogP contribution in [0.3, 0.4) is 0 Å². The van der Waals surface area contributed by atoms with Crippen LogP contribution >= 0.6 is 11.6 Å². The van der Waals surface area contributed by atoms with Crippen molar-refractivity contribution in [3.63, 3.8) is 0 Å². The maximum Gasteiger partial charge on any atom is 0.416 e. The molecule has 3 rings (SSSR count). The molecule has 1 saturated heterocycles. The van der Waals surface area contributed by atoms with Crippen LogP contribution in [0, 0.1) is 0 Å². The van der Waals surface area contributed by atoms with E-state index in [2.05, 4.69) is 0 Å². The van der Waals surface area contributed by atoms with Crippen LogP contribution in [0.2, 0.25) is 5.02 Å². The first-order valence-electron chi connectivity index (χ1n) is 9.45. The summed E-state index contributed by atoms with van der Waals surface area (Å²) in [6, 6.07) is 3.59. The van der Waals surface area contributed by atoms with Crippen LogP contribution < -0.4 is 0 Å². The Morgan fingerprint density at radius 2 is 1.46 bits per heavy atom. The van der Waals surface area contributed by atoms with Gasteiger partial charge in [0.05, 0.1) is 27.7 Å². The quantitative estimate of drug-likeness (QED) is 0.538. The Balaban J connectivity index is 1.99. The lowest BCUT2D eigenvalue weighted by Crippen LogP contribution is -2.49. The number of sulfonamides is 1. The summed E-state index contributed by atoms with van der Waals surface area (Å²) in [5, 5.41) is 17.6. The molecule has 7 nitrogen and oxygen atoms in total. The number of benzene rings is 2. The lowest BCUT2D eigenvalue weighted by Gasteiger charge is -2.26. The summed E-state index contributed by atoms with van der Waals surface area (Å²) >= 11 is 5.75. The lowest BCUT2D eigenvalue weighted by atomic mass is 10.1. The van der Waals surface area contributed by atoms with Crippen molar-refractivity contribution in [2.75, 3.05) is 19.7 Å². The van der Waals surface area contributed by atoms with Crippen LogP contribution in [-0.4, -0.2) is 61.9 Å². The van der Waals surface area contributed by atoms with Crippen LogP contribution in [-0.2, 0) is 32.2 Å². The van der Waals surface area contributed by atoms with Crippen molar-refractivity contribution in [1.82, 2.24) is 4.31 Å². The monoisotopic (exact) mass is 567 g/mol. The molecule has 2 atom stereocenters.